The van der Waals surface area contributed by atoms with Gasteiger partial charge in [0.05, 0.1) is 23.9 Å². The van der Waals surface area contributed by atoms with Crippen molar-refractivity contribution >= 4 is 11.8 Å². The standard InChI is InChI=1S/C19H20N4OS/c20-8-14-1-3-15(4-2-14)9-22-10-16(11-22)12-23-19(24)7-17-13-25-6-5-18(17)21-23/h1-4,7,16H,5-6,9-13H2. The number of fused-ring (bicyclic) bond motifs is 1. The van der Waals surface area contributed by atoms with Crippen molar-refractivity contribution in [1.29, 1.82) is 5.26 Å². The summed E-state index contributed by atoms with van der Waals surface area (Å²) in [6.07, 6.45) is 0.968. The second kappa shape index (κ2) is 7.03. The van der Waals surface area contributed by atoms with Gasteiger partial charge in [-0.2, -0.15) is 22.1 Å². The maximum Gasteiger partial charge on any atom is 0.267 e. The zero-order valence-corrected chi connectivity index (χ0v) is 14.8. The summed E-state index contributed by atoms with van der Waals surface area (Å²) in [6.45, 7) is 3.58. The van der Waals surface area contributed by atoms with Crippen LogP contribution >= 0.6 is 11.8 Å². The Hall–Kier alpha value is -2.10. The lowest BCUT2D eigenvalue weighted by molar-refractivity contribution is 0.0765. The van der Waals surface area contributed by atoms with Crippen molar-refractivity contribution in [2.75, 3.05) is 18.8 Å². The molecule has 0 saturated carbocycles. The molecule has 2 aliphatic rings. The third-order valence-corrected chi connectivity index (χ3v) is 5.87. The molecule has 4 rings (SSSR count). The highest BCUT2D eigenvalue weighted by molar-refractivity contribution is 7.98. The Morgan fingerprint density at radius 1 is 1.28 bits per heavy atom. The number of nitrogens with zero attached hydrogens (tertiary/aromatic N) is 4. The molecule has 3 heterocycles. The molecule has 1 aromatic heterocycles. The summed E-state index contributed by atoms with van der Waals surface area (Å²) in [7, 11) is 0. The van der Waals surface area contributed by atoms with Crippen LogP contribution in [-0.4, -0.2) is 33.5 Å². The second-order valence-electron chi connectivity index (χ2n) is 6.81. The fourth-order valence-corrected chi connectivity index (χ4v) is 4.44. The molecule has 0 aliphatic carbocycles. The molecule has 0 radical (unpaired) electrons. The van der Waals surface area contributed by atoms with Crippen LogP contribution in [0.1, 0.15) is 22.4 Å². The van der Waals surface area contributed by atoms with E-state index in [-0.39, 0.29) is 5.56 Å². The first-order valence-corrected chi connectivity index (χ1v) is 9.76. The van der Waals surface area contributed by atoms with Crippen LogP contribution in [0.3, 0.4) is 0 Å². The lowest BCUT2D eigenvalue weighted by Crippen LogP contribution is -2.49. The quantitative estimate of drug-likeness (QED) is 0.843. The van der Waals surface area contributed by atoms with Crippen LogP contribution in [0.25, 0.3) is 0 Å². The fourth-order valence-electron chi connectivity index (χ4n) is 3.49. The van der Waals surface area contributed by atoms with Gasteiger partial charge in [0, 0.05) is 43.8 Å². The first-order chi connectivity index (χ1) is 12.2. The Labute approximate surface area is 151 Å². The van der Waals surface area contributed by atoms with E-state index >= 15 is 0 Å². The highest BCUT2D eigenvalue weighted by Crippen LogP contribution is 2.23. The lowest BCUT2D eigenvalue weighted by Gasteiger charge is -2.39. The van der Waals surface area contributed by atoms with Gasteiger partial charge in [-0.1, -0.05) is 12.1 Å². The number of benzene rings is 1. The Morgan fingerprint density at radius 3 is 2.84 bits per heavy atom. The normalized spacial score (nSPS) is 17.6. The Kier molecular flexibility index (Phi) is 4.60. The van der Waals surface area contributed by atoms with Gasteiger partial charge in [-0.3, -0.25) is 9.69 Å². The van der Waals surface area contributed by atoms with Crippen LogP contribution in [0.5, 0.6) is 0 Å². The molecule has 0 spiro atoms. The zero-order chi connectivity index (χ0) is 17.2. The van der Waals surface area contributed by atoms with Crippen molar-refractivity contribution in [2.45, 2.75) is 25.3 Å². The third kappa shape index (κ3) is 3.63. The van der Waals surface area contributed by atoms with Crippen LogP contribution in [-0.2, 0) is 25.3 Å². The number of likely N-dealkylation sites (tertiary alicyclic amines) is 1. The van der Waals surface area contributed by atoms with E-state index < -0.39 is 0 Å². The molecule has 0 N–H and O–H groups in total. The molecular weight excluding hydrogens is 332 g/mol. The number of aromatic nitrogens is 2. The van der Waals surface area contributed by atoms with E-state index in [1.165, 1.54) is 5.56 Å². The minimum Gasteiger partial charge on any atom is -0.298 e. The molecule has 1 saturated heterocycles. The summed E-state index contributed by atoms with van der Waals surface area (Å²) >= 11 is 1.87. The molecule has 0 atom stereocenters. The monoisotopic (exact) mass is 352 g/mol. The minimum absolute atomic E-state index is 0.0341. The molecule has 5 nitrogen and oxygen atoms in total. The van der Waals surface area contributed by atoms with Crippen molar-refractivity contribution in [2.24, 2.45) is 5.92 Å². The van der Waals surface area contributed by atoms with Gasteiger partial charge in [0.1, 0.15) is 0 Å². The highest BCUT2D eigenvalue weighted by Gasteiger charge is 2.27. The second-order valence-corrected chi connectivity index (χ2v) is 7.91. The summed E-state index contributed by atoms with van der Waals surface area (Å²) in [5.41, 5.74) is 4.17. The number of rotatable bonds is 4. The predicted molar refractivity (Wildman–Crippen MR) is 98.3 cm³/mol. The van der Waals surface area contributed by atoms with Gasteiger partial charge in [0.2, 0.25) is 0 Å². The average molecular weight is 352 g/mol. The molecule has 25 heavy (non-hydrogen) atoms. The van der Waals surface area contributed by atoms with E-state index in [0.29, 0.717) is 18.0 Å². The molecule has 1 aromatic carbocycles. The lowest BCUT2D eigenvalue weighted by atomic mass is 9.99. The van der Waals surface area contributed by atoms with E-state index in [1.807, 2.05) is 36.0 Å². The molecule has 0 amide bonds. The molecule has 0 bridgehead atoms. The van der Waals surface area contributed by atoms with Crippen LogP contribution < -0.4 is 5.56 Å². The van der Waals surface area contributed by atoms with Gasteiger partial charge >= 0.3 is 0 Å². The maximum atomic E-state index is 12.3. The van der Waals surface area contributed by atoms with Crippen molar-refractivity contribution in [3.8, 4) is 6.07 Å². The molecule has 0 unspecified atom stereocenters. The van der Waals surface area contributed by atoms with Crippen LogP contribution in [0.4, 0.5) is 0 Å². The van der Waals surface area contributed by atoms with Gasteiger partial charge in [-0.15, -0.1) is 0 Å². The van der Waals surface area contributed by atoms with Gasteiger partial charge < -0.3 is 0 Å². The van der Waals surface area contributed by atoms with Crippen LogP contribution in [0.15, 0.2) is 35.1 Å². The van der Waals surface area contributed by atoms with E-state index in [4.69, 9.17) is 5.26 Å². The van der Waals surface area contributed by atoms with Crippen molar-refractivity contribution in [3.63, 3.8) is 0 Å². The number of hydrogen-bond donors (Lipinski definition) is 0. The number of nitriles is 1. The summed E-state index contributed by atoms with van der Waals surface area (Å²) in [6, 6.07) is 11.7. The van der Waals surface area contributed by atoms with E-state index in [0.717, 1.165) is 48.8 Å². The molecule has 6 heteroatoms. The summed E-state index contributed by atoms with van der Waals surface area (Å²) < 4.78 is 1.67. The Morgan fingerprint density at radius 2 is 2.08 bits per heavy atom. The van der Waals surface area contributed by atoms with Gasteiger partial charge in [-0.05, 0) is 29.0 Å². The molecule has 2 aromatic rings. The van der Waals surface area contributed by atoms with Crippen LogP contribution in [0, 0.1) is 17.2 Å². The molecule has 128 valence electrons. The molecular formula is C19H20N4OS. The van der Waals surface area contributed by atoms with Gasteiger partial charge in [-0.25, -0.2) is 4.68 Å². The smallest absolute Gasteiger partial charge is 0.267 e. The first-order valence-electron chi connectivity index (χ1n) is 8.60. The summed E-state index contributed by atoms with van der Waals surface area (Å²) in [5, 5.41) is 13.4. The van der Waals surface area contributed by atoms with Gasteiger partial charge in [0.25, 0.3) is 5.56 Å². The fraction of sp³-hybridized carbons (Fsp3) is 0.421. The van der Waals surface area contributed by atoms with E-state index in [1.54, 1.807) is 10.7 Å². The van der Waals surface area contributed by atoms with Crippen molar-refractivity contribution in [1.82, 2.24) is 14.7 Å². The average Bonchev–Trinajstić information content (AvgIpc) is 2.61. The largest absolute Gasteiger partial charge is 0.298 e. The zero-order valence-electron chi connectivity index (χ0n) is 14.0. The first kappa shape index (κ1) is 16.4. The maximum absolute atomic E-state index is 12.3. The topological polar surface area (TPSA) is 61.9 Å². The SMILES string of the molecule is N#Cc1ccc(CN2CC(Cn3nc4c(cc3=O)CSCC4)C2)cc1. The van der Waals surface area contributed by atoms with Crippen molar-refractivity contribution < 1.29 is 0 Å². The third-order valence-electron chi connectivity index (χ3n) is 4.86. The molecule has 1 fully saturated rings. The van der Waals surface area contributed by atoms with E-state index in [9.17, 15) is 4.79 Å². The summed E-state index contributed by atoms with van der Waals surface area (Å²) in [5.74, 6) is 2.50. The molecule has 2 aliphatic heterocycles. The number of thioether (sulfide) groups is 1. The van der Waals surface area contributed by atoms with Gasteiger partial charge in [0.15, 0.2) is 0 Å². The summed E-state index contributed by atoms with van der Waals surface area (Å²) in [4.78, 5) is 14.6. The minimum atomic E-state index is 0.0341. The predicted octanol–water partition coefficient (Wildman–Crippen LogP) is 2.04. The van der Waals surface area contributed by atoms with Crippen LogP contribution in [0.2, 0.25) is 0 Å². The number of aryl methyl sites for hydroxylation is 1. The van der Waals surface area contributed by atoms with Crippen molar-refractivity contribution in [3.05, 3.63) is 63.1 Å². The highest BCUT2D eigenvalue weighted by atomic mass is 32.2. The Balaban J connectivity index is 1.34. The van der Waals surface area contributed by atoms with E-state index in [2.05, 4.69) is 16.1 Å². The Bertz CT molecular complexity index is 862. The number of hydrogen-bond acceptors (Lipinski definition) is 5.